The minimum Gasteiger partial charge on any atom is -0.357 e. The lowest BCUT2D eigenvalue weighted by atomic mass is 10.1. The molecule has 1 aliphatic rings. The van der Waals surface area contributed by atoms with Crippen LogP contribution in [0, 0.1) is 5.82 Å². The van der Waals surface area contributed by atoms with E-state index >= 15 is 0 Å². The third-order valence-corrected chi connectivity index (χ3v) is 5.42. The maximum atomic E-state index is 13.3. The number of amides is 2. The molecule has 2 amide bonds. The van der Waals surface area contributed by atoms with Gasteiger partial charge < -0.3 is 15.2 Å². The fourth-order valence-electron chi connectivity index (χ4n) is 3.83. The number of nitrogens with one attached hydrogen (secondary N) is 2. The molecule has 0 spiro atoms. The number of H-pyrrole nitrogens is 1. The van der Waals surface area contributed by atoms with Gasteiger partial charge in [-0.25, -0.2) is 9.18 Å². The molecular weight excluding hydrogens is 355 g/mol. The highest BCUT2D eigenvalue weighted by Crippen LogP contribution is 2.18. The number of likely N-dealkylation sites (tertiary alicyclic amines) is 1. The second-order valence-electron chi connectivity index (χ2n) is 7.47. The van der Waals surface area contributed by atoms with E-state index in [1.807, 2.05) is 17.0 Å². The van der Waals surface area contributed by atoms with Gasteiger partial charge in [0.05, 0.1) is 6.54 Å². The Bertz CT molecular complexity index is 956. The van der Waals surface area contributed by atoms with Crippen molar-refractivity contribution >= 4 is 16.9 Å². The quantitative estimate of drug-likeness (QED) is 0.709. The van der Waals surface area contributed by atoms with E-state index in [2.05, 4.69) is 46.5 Å². The number of halogens is 1. The third-order valence-electron chi connectivity index (χ3n) is 5.42. The normalized spacial score (nSPS) is 16.8. The highest BCUT2D eigenvalue weighted by Gasteiger charge is 2.28. The molecule has 1 aromatic heterocycles. The van der Waals surface area contributed by atoms with E-state index in [0.717, 1.165) is 42.7 Å². The summed E-state index contributed by atoms with van der Waals surface area (Å²) in [6.45, 7) is 2.77. The van der Waals surface area contributed by atoms with Gasteiger partial charge in [0.15, 0.2) is 0 Å². The lowest BCUT2D eigenvalue weighted by molar-refractivity contribution is 0.196. The van der Waals surface area contributed by atoms with Gasteiger partial charge in [-0.15, -0.1) is 0 Å². The van der Waals surface area contributed by atoms with Gasteiger partial charge in [0.25, 0.3) is 0 Å². The summed E-state index contributed by atoms with van der Waals surface area (Å²) in [4.78, 5) is 19.9. The van der Waals surface area contributed by atoms with Crippen molar-refractivity contribution in [2.45, 2.75) is 25.6 Å². The number of aromatic nitrogens is 1. The summed E-state index contributed by atoms with van der Waals surface area (Å²) in [6, 6.07) is 17.2. The van der Waals surface area contributed by atoms with Crippen LogP contribution in [0.15, 0.2) is 54.6 Å². The van der Waals surface area contributed by atoms with Gasteiger partial charge >= 0.3 is 6.03 Å². The Morgan fingerprint density at radius 3 is 2.89 bits per heavy atom. The number of likely N-dealkylation sites (N-methyl/N-ethyl adjacent to an activating group) is 1. The zero-order valence-corrected chi connectivity index (χ0v) is 16.0. The molecule has 6 heteroatoms. The van der Waals surface area contributed by atoms with Gasteiger partial charge in [0.1, 0.15) is 5.82 Å². The molecule has 5 nitrogen and oxygen atoms in total. The van der Waals surface area contributed by atoms with Gasteiger partial charge in [0, 0.05) is 42.3 Å². The van der Waals surface area contributed by atoms with Crippen molar-refractivity contribution in [3.05, 3.63) is 71.7 Å². The molecule has 146 valence electrons. The first-order chi connectivity index (χ1) is 13.6. The standard InChI is InChI=1S/C22H25FN4O/c1-26(14-16-5-3-2-4-6-16)20-9-10-27(15-20)22(28)24-13-19-12-17-11-18(23)7-8-21(17)25-19/h2-8,11-12,20,25H,9-10,13-15H2,1H3,(H,24,28). The Morgan fingerprint density at radius 1 is 1.25 bits per heavy atom. The summed E-state index contributed by atoms with van der Waals surface area (Å²) in [5, 5.41) is 3.78. The second-order valence-corrected chi connectivity index (χ2v) is 7.47. The number of urea groups is 1. The molecule has 2 N–H and O–H groups in total. The average molecular weight is 380 g/mol. The van der Waals surface area contributed by atoms with Crippen molar-refractivity contribution in [3.8, 4) is 0 Å². The number of hydrogen-bond donors (Lipinski definition) is 2. The van der Waals surface area contributed by atoms with E-state index < -0.39 is 0 Å². The van der Waals surface area contributed by atoms with Crippen LogP contribution in [0.2, 0.25) is 0 Å². The Hall–Kier alpha value is -2.86. The van der Waals surface area contributed by atoms with Crippen molar-refractivity contribution in [2.75, 3.05) is 20.1 Å². The zero-order chi connectivity index (χ0) is 19.5. The lowest BCUT2D eigenvalue weighted by Gasteiger charge is -2.24. The van der Waals surface area contributed by atoms with Crippen LogP contribution < -0.4 is 5.32 Å². The fraction of sp³-hybridized carbons (Fsp3) is 0.318. The molecule has 1 fully saturated rings. The van der Waals surface area contributed by atoms with Crippen molar-refractivity contribution in [3.63, 3.8) is 0 Å². The molecule has 0 saturated carbocycles. The first-order valence-electron chi connectivity index (χ1n) is 9.62. The summed E-state index contributed by atoms with van der Waals surface area (Å²) in [6.07, 6.45) is 0.975. The molecule has 3 aromatic rings. The van der Waals surface area contributed by atoms with Crippen LogP contribution in [0.4, 0.5) is 9.18 Å². The number of nitrogens with zero attached hydrogens (tertiary/aromatic N) is 2. The monoisotopic (exact) mass is 380 g/mol. The molecule has 1 saturated heterocycles. The van der Waals surface area contributed by atoms with Gasteiger partial charge in [-0.3, -0.25) is 4.90 Å². The summed E-state index contributed by atoms with van der Waals surface area (Å²) in [5.41, 5.74) is 3.02. The van der Waals surface area contributed by atoms with Crippen LogP contribution in [-0.2, 0) is 13.1 Å². The number of fused-ring (bicyclic) bond motifs is 1. The lowest BCUT2D eigenvalue weighted by Crippen LogP contribution is -2.41. The second kappa shape index (κ2) is 8.02. The summed E-state index contributed by atoms with van der Waals surface area (Å²) < 4.78 is 13.3. The molecule has 0 aliphatic carbocycles. The van der Waals surface area contributed by atoms with E-state index in [1.54, 1.807) is 6.07 Å². The number of rotatable bonds is 5. The van der Waals surface area contributed by atoms with Crippen LogP contribution in [0.25, 0.3) is 10.9 Å². The largest absolute Gasteiger partial charge is 0.357 e. The van der Waals surface area contributed by atoms with Crippen LogP contribution in [-0.4, -0.2) is 47.0 Å². The Morgan fingerprint density at radius 2 is 2.07 bits per heavy atom. The minimum atomic E-state index is -0.259. The molecule has 1 aliphatic heterocycles. The Kier molecular flexibility index (Phi) is 5.30. The number of aromatic amines is 1. The van der Waals surface area contributed by atoms with Gasteiger partial charge in [-0.05, 0) is 43.3 Å². The smallest absolute Gasteiger partial charge is 0.317 e. The van der Waals surface area contributed by atoms with E-state index in [0.29, 0.717) is 12.6 Å². The van der Waals surface area contributed by atoms with Crippen molar-refractivity contribution in [1.82, 2.24) is 20.1 Å². The van der Waals surface area contributed by atoms with Gasteiger partial charge in [0.2, 0.25) is 0 Å². The van der Waals surface area contributed by atoms with E-state index in [9.17, 15) is 9.18 Å². The Labute approximate surface area is 164 Å². The average Bonchev–Trinajstić information content (AvgIpc) is 3.33. The van der Waals surface area contributed by atoms with Crippen molar-refractivity contribution in [2.24, 2.45) is 0 Å². The molecule has 1 atom stereocenters. The number of benzene rings is 2. The molecule has 2 aromatic carbocycles. The topological polar surface area (TPSA) is 51.4 Å². The predicted octanol–water partition coefficient (Wildman–Crippen LogP) is 3.72. The first kappa shape index (κ1) is 18.5. The van der Waals surface area contributed by atoms with Crippen molar-refractivity contribution < 1.29 is 9.18 Å². The molecule has 0 bridgehead atoms. The summed E-state index contributed by atoms with van der Waals surface area (Å²) in [5.74, 6) is -0.259. The molecule has 1 unspecified atom stereocenters. The molecular formula is C22H25FN4O. The maximum absolute atomic E-state index is 13.3. The van der Waals surface area contributed by atoms with Gasteiger partial charge in [-0.2, -0.15) is 0 Å². The third kappa shape index (κ3) is 4.17. The van der Waals surface area contributed by atoms with Crippen molar-refractivity contribution in [1.29, 1.82) is 0 Å². The minimum absolute atomic E-state index is 0.0551. The molecule has 4 rings (SSSR count). The highest BCUT2D eigenvalue weighted by molar-refractivity contribution is 5.80. The SMILES string of the molecule is CN(Cc1ccccc1)C1CCN(C(=O)NCc2cc3cc(F)ccc3[nH]2)C1. The molecule has 28 heavy (non-hydrogen) atoms. The maximum Gasteiger partial charge on any atom is 0.317 e. The summed E-state index contributed by atoms with van der Waals surface area (Å²) >= 11 is 0. The fourth-order valence-corrected chi connectivity index (χ4v) is 3.83. The highest BCUT2D eigenvalue weighted by atomic mass is 19.1. The van der Waals surface area contributed by atoms with Crippen LogP contribution >= 0.6 is 0 Å². The van der Waals surface area contributed by atoms with Crippen LogP contribution in [0.3, 0.4) is 0 Å². The van der Waals surface area contributed by atoms with E-state index in [1.165, 1.54) is 17.7 Å². The summed E-state index contributed by atoms with van der Waals surface area (Å²) in [7, 11) is 2.11. The zero-order valence-electron chi connectivity index (χ0n) is 16.0. The van der Waals surface area contributed by atoms with Crippen LogP contribution in [0.1, 0.15) is 17.7 Å². The first-order valence-corrected chi connectivity index (χ1v) is 9.62. The molecule has 2 heterocycles. The number of carbonyl (C=O) groups is 1. The Balaban J connectivity index is 1.29. The van der Waals surface area contributed by atoms with Gasteiger partial charge in [-0.1, -0.05) is 30.3 Å². The number of hydrogen-bond acceptors (Lipinski definition) is 2. The predicted molar refractivity (Wildman–Crippen MR) is 108 cm³/mol. The molecule has 0 radical (unpaired) electrons. The van der Waals surface area contributed by atoms with Crippen LogP contribution in [0.5, 0.6) is 0 Å². The van der Waals surface area contributed by atoms with E-state index in [-0.39, 0.29) is 11.8 Å². The number of carbonyl (C=O) groups excluding carboxylic acids is 1. The van der Waals surface area contributed by atoms with E-state index in [4.69, 9.17) is 0 Å².